The van der Waals surface area contributed by atoms with E-state index in [0.29, 0.717) is 17.1 Å². The Labute approximate surface area is 154 Å². The van der Waals surface area contributed by atoms with Gasteiger partial charge in [-0.2, -0.15) is 0 Å². The summed E-state index contributed by atoms with van der Waals surface area (Å²) in [6, 6.07) is 4.41. The third kappa shape index (κ3) is 3.05. The van der Waals surface area contributed by atoms with Gasteiger partial charge in [-0.1, -0.05) is 0 Å². The van der Waals surface area contributed by atoms with Crippen LogP contribution in [0.1, 0.15) is 29.4 Å². The van der Waals surface area contributed by atoms with Crippen LogP contribution in [-0.2, 0) is 10.3 Å². The van der Waals surface area contributed by atoms with Gasteiger partial charge in [0.1, 0.15) is 17.6 Å². The van der Waals surface area contributed by atoms with Crippen molar-refractivity contribution in [2.45, 2.75) is 25.0 Å². The van der Waals surface area contributed by atoms with Crippen molar-refractivity contribution in [3.63, 3.8) is 0 Å². The minimum atomic E-state index is -0.836. The molecule has 1 amide bonds. The number of rotatable bonds is 4. The molecule has 0 radical (unpaired) electrons. The number of fused-ring (bicyclic) bond motifs is 1. The zero-order valence-electron chi connectivity index (χ0n) is 14.8. The van der Waals surface area contributed by atoms with Crippen molar-refractivity contribution in [3.05, 3.63) is 47.7 Å². The van der Waals surface area contributed by atoms with Crippen LogP contribution in [0, 0.1) is 11.7 Å². The van der Waals surface area contributed by atoms with Crippen LogP contribution in [0.5, 0.6) is 5.88 Å². The molecule has 4 rings (SSSR count). The Morgan fingerprint density at radius 2 is 2.22 bits per heavy atom. The van der Waals surface area contributed by atoms with E-state index in [1.807, 2.05) is 6.92 Å². The summed E-state index contributed by atoms with van der Waals surface area (Å²) in [6.07, 6.45) is 3.37. The highest BCUT2D eigenvalue weighted by molar-refractivity contribution is 6.02. The second-order valence-corrected chi connectivity index (χ2v) is 6.69. The first-order valence-corrected chi connectivity index (χ1v) is 8.40. The lowest BCUT2D eigenvalue weighted by Crippen LogP contribution is -2.35. The minimum Gasteiger partial charge on any atom is -0.480 e. The first-order chi connectivity index (χ1) is 12.9. The van der Waals surface area contributed by atoms with Crippen LogP contribution in [0.3, 0.4) is 0 Å². The molecule has 0 saturated heterocycles. The highest BCUT2D eigenvalue weighted by Gasteiger charge is 2.57. The lowest BCUT2D eigenvalue weighted by molar-refractivity contribution is 0.102. The number of anilines is 1. The first-order valence-electron chi connectivity index (χ1n) is 8.40. The van der Waals surface area contributed by atoms with Gasteiger partial charge in [0.15, 0.2) is 0 Å². The fraction of sp³-hybridized carbons (Fsp3) is 0.333. The van der Waals surface area contributed by atoms with Gasteiger partial charge in [0.2, 0.25) is 5.88 Å². The number of halogens is 1. The molecule has 1 saturated carbocycles. The van der Waals surface area contributed by atoms with E-state index in [-0.39, 0.29) is 23.7 Å². The third-order valence-corrected chi connectivity index (χ3v) is 4.91. The van der Waals surface area contributed by atoms with Gasteiger partial charge in [-0.05, 0) is 31.5 Å². The van der Waals surface area contributed by atoms with Crippen molar-refractivity contribution in [2.75, 3.05) is 12.4 Å². The highest BCUT2D eigenvalue weighted by atomic mass is 19.1. The molecule has 140 valence electrons. The summed E-state index contributed by atoms with van der Waals surface area (Å²) in [6.45, 7) is 1.83. The maximum atomic E-state index is 14.6. The predicted molar refractivity (Wildman–Crippen MR) is 94.9 cm³/mol. The Morgan fingerprint density at radius 3 is 2.93 bits per heavy atom. The van der Waals surface area contributed by atoms with Crippen molar-refractivity contribution in [2.24, 2.45) is 16.6 Å². The number of benzene rings is 1. The SMILES string of the molecule is COc1cnc(C(=O)Nc2ccc(F)c([C@@]3(C)N=C(N)O[C@@H]4CC43)c2)cn1. The molecule has 2 heterocycles. The first kappa shape index (κ1) is 17.2. The van der Waals surface area contributed by atoms with Crippen molar-refractivity contribution < 1.29 is 18.7 Å². The monoisotopic (exact) mass is 371 g/mol. The van der Waals surface area contributed by atoms with Crippen LogP contribution in [0.25, 0.3) is 0 Å². The summed E-state index contributed by atoms with van der Waals surface area (Å²) in [7, 11) is 1.46. The van der Waals surface area contributed by atoms with E-state index in [4.69, 9.17) is 15.2 Å². The topological polar surface area (TPSA) is 112 Å². The lowest BCUT2D eigenvalue weighted by atomic mass is 9.86. The van der Waals surface area contributed by atoms with Crippen molar-refractivity contribution in [1.29, 1.82) is 0 Å². The van der Waals surface area contributed by atoms with E-state index in [9.17, 15) is 9.18 Å². The van der Waals surface area contributed by atoms with Gasteiger partial charge >= 0.3 is 0 Å². The number of nitrogens with two attached hydrogens (primary N) is 1. The summed E-state index contributed by atoms with van der Waals surface area (Å²) in [5.41, 5.74) is 5.81. The van der Waals surface area contributed by atoms with Crippen LogP contribution in [0.4, 0.5) is 10.1 Å². The molecule has 1 aromatic heterocycles. The number of hydrogen-bond acceptors (Lipinski definition) is 7. The van der Waals surface area contributed by atoms with Crippen LogP contribution in [-0.4, -0.2) is 35.1 Å². The molecule has 8 nitrogen and oxygen atoms in total. The Hall–Kier alpha value is -3.23. The number of amidine groups is 1. The second kappa shape index (κ2) is 6.19. The number of ether oxygens (including phenoxy) is 2. The average molecular weight is 371 g/mol. The Morgan fingerprint density at radius 1 is 1.41 bits per heavy atom. The van der Waals surface area contributed by atoms with Gasteiger partial charge in [-0.3, -0.25) is 4.79 Å². The fourth-order valence-electron chi connectivity index (χ4n) is 3.37. The second-order valence-electron chi connectivity index (χ2n) is 6.69. The number of nitrogens with one attached hydrogen (secondary N) is 1. The van der Waals surface area contributed by atoms with E-state index < -0.39 is 17.3 Å². The molecule has 1 fully saturated rings. The number of hydrogen-bond donors (Lipinski definition) is 2. The van der Waals surface area contributed by atoms with Gasteiger partial charge in [0, 0.05) is 17.2 Å². The number of aromatic nitrogens is 2. The lowest BCUT2D eigenvalue weighted by Gasteiger charge is -2.30. The van der Waals surface area contributed by atoms with Gasteiger partial charge in [0.25, 0.3) is 11.9 Å². The molecular weight excluding hydrogens is 353 g/mol. The molecule has 3 atom stereocenters. The van der Waals surface area contributed by atoms with Crippen molar-refractivity contribution in [3.8, 4) is 5.88 Å². The summed E-state index contributed by atoms with van der Waals surface area (Å²) in [5.74, 6) is -0.522. The number of nitrogens with zero attached hydrogens (tertiary/aromatic N) is 3. The number of amides is 1. The van der Waals surface area contributed by atoms with E-state index >= 15 is 0 Å². The largest absolute Gasteiger partial charge is 0.480 e. The van der Waals surface area contributed by atoms with Crippen LogP contribution < -0.4 is 15.8 Å². The van der Waals surface area contributed by atoms with E-state index in [2.05, 4.69) is 20.3 Å². The van der Waals surface area contributed by atoms with Crippen LogP contribution in [0.2, 0.25) is 0 Å². The quantitative estimate of drug-likeness (QED) is 0.848. The van der Waals surface area contributed by atoms with E-state index in [0.717, 1.165) is 6.42 Å². The molecule has 1 aliphatic carbocycles. The summed E-state index contributed by atoms with van der Waals surface area (Å²) in [5, 5.41) is 2.70. The molecule has 27 heavy (non-hydrogen) atoms. The Balaban J connectivity index is 1.61. The minimum absolute atomic E-state index is 0.0419. The summed E-state index contributed by atoms with van der Waals surface area (Å²) in [4.78, 5) is 24.7. The molecule has 0 spiro atoms. The van der Waals surface area contributed by atoms with Crippen LogP contribution in [0.15, 0.2) is 35.6 Å². The van der Waals surface area contributed by atoms with Crippen molar-refractivity contribution >= 4 is 17.6 Å². The molecule has 1 aliphatic heterocycles. The zero-order chi connectivity index (χ0) is 19.2. The molecular formula is C18H18FN5O3. The molecule has 2 aliphatic rings. The Kier molecular flexibility index (Phi) is 3.94. The molecule has 9 heteroatoms. The number of methoxy groups -OCH3 is 1. The molecule has 1 unspecified atom stereocenters. The number of aliphatic imine (C=N–C) groups is 1. The van der Waals surface area contributed by atoms with Gasteiger partial charge in [0.05, 0.1) is 25.0 Å². The van der Waals surface area contributed by atoms with Crippen molar-refractivity contribution in [1.82, 2.24) is 9.97 Å². The molecule has 2 aromatic rings. The Bertz CT molecular complexity index is 933. The van der Waals surface area contributed by atoms with E-state index in [1.165, 1.54) is 31.6 Å². The maximum absolute atomic E-state index is 14.6. The number of carbonyl (C=O) groups excluding carboxylic acids is 1. The third-order valence-electron chi connectivity index (χ3n) is 4.91. The smallest absolute Gasteiger partial charge is 0.283 e. The van der Waals surface area contributed by atoms with Gasteiger partial charge in [-0.15, -0.1) is 0 Å². The maximum Gasteiger partial charge on any atom is 0.283 e. The highest BCUT2D eigenvalue weighted by Crippen LogP contribution is 2.53. The average Bonchev–Trinajstić information content (AvgIpc) is 3.43. The summed E-state index contributed by atoms with van der Waals surface area (Å²) < 4.78 is 24.9. The normalized spacial score (nSPS) is 25.7. The summed E-state index contributed by atoms with van der Waals surface area (Å²) >= 11 is 0. The van der Waals surface area contributed by atoms with Gasteiger partial charge in [-0.25, -0.2) is 19.4 Å². The van der Waals surface area contributed by atoms with Crippen LogP contribution >= 0.6 is 0 Å². The standard InChI is InChI=1S/C18H18FN5O3/c1-18(11-6-14(11)27-17(20)24-18)10-5-9(3-4-12(10)19)23-16(25)13-7-22-15(26-2)8-21-13/h3-5,7-8,11,14H,6H2,1-2H3,(H2,20,24)(H,23,25)/t11?,14-,18-/m1/s1. The van der Waals surface area contributed by atoms with E-state index in [1.54, 1.807) is 6.07 Å². The fourth-order valence-corrected chi connectivity index (χ4v) is 3.37. The predicted octanol–water partition coefficient (Wildman–Crippen LogP) is 1.83. The molecule has 3 N–H and O–H groups in total. The van der Waals surface area contributed by atoms with Gasteiger partial charge < -0.3 is 20.5 Å². The number of carbonyl (C=O) groups is 1. The zero-order valence-corrected chi connectivity index (χ0v) is 14.8. The molecule has 1 aromatic carbocycles. The molecule has 0 bridgehead atoms.